The Morgan fingerprint density at radius 1 is 1.16 bits per heavy atom. The second-order valence-corrected chi connectivity index (χ2v) is 10.8. The first-order valence-corrected chi connectivity index (χ1v) is 12.9. The second-order valence-electron chi connectivity index (χ2n) is 7.09. The molecule has 0 spiro atoms. The van der Waals surface area contributed by atoms with Crippen LogP contribution in [0.25, 0.3) is 9.93 Å². The highest BCUT2D eigenvalue weighted by molar-refractivity contribution is 8.30. The molecule has 0 aliphatic carbocycles. The Hall–Kier alpha value is -1.75. The molecule has 2 aliphatic heterocycles. The Kier molecular flexibility index (Phi) is 6.52. The van der Waals surface area contributed by atoms with E-state index in [1.807, 2.05) is 37.1 Å². The summed E-state index contributed by atoms with van der Waals surface area (Å²) >= 11 is 9.65. The lowest BCUT2D eigenvalue weighted by Crippen LogP contribution is -2.35. The number of amides is 1. The smallest absolute Gasteiger partial charge is 0.271 e. The first kappa shape index (κ1) is 22.4. The van der Waals surface area contributed by atoms with Gasteiger partial charge in [-0.25, -0.2) is 0 Å². The first-order chi connectivity index (χ1) is 14.9. The summed E-state index contributed by atoms with van der Waals surface area (Å²) in [5.74, 6) is 0.664. The van der Waals surface area contributed by atoms with Gasteiger partial charge in [0.25, 0.3) is 11.5 Å². The fraction of sp³-hybridized carbons (Fsp3) is 0.381. The highest BCUT2D eigenvalue weighted by Crippen LogP contribution is 2.46. The van der Waals surface area contributed by atoms with Gasteiger partial charge >= 0.3 is 0 Å². The van der Waals surface area contributed by atoms with Crippen LogP contribution in [-0.2, 0) is 11.3 Å². The number of hydrogen-bond acceptors (Lipinski definition) is 8. The molecule has 4 rings (SSSR count). The number of unbranched alkanes of at least 4 members (excludes halogenated alkanes) is 1. The van der Waals surface area contributed by atoms with Crippen molar-refractivity contribution >= 4 is 72.9 Å². The molecule has 0 unspecified atom stereocenters. The van der Waals surface area contributed by atoms with Crippen molar-refractivity contribution in [2.24, 2.45) is 0 Å². The zero-order valence-electron chi connectivity index (χ0n) is 17.8. The summed E-state index contributed by atoms with van der Waals surface area (Å²) in [6.07, 6.45) is 1.83. The van der Waals surface area contributed by atoms with E-state index in [1.54, 1.807) is 28.3 Å². The van der Waals surface area contributed by atoms with E-state index in [0.29, 0.717) is 31.5 Å². The average Bonchev–Trinajstić information content (AvgIpc) is 3.36. The van der Waals surface area contributed by atoms with Gasteiger partial charge in [-0.05, 0) is 25.5 Å². The van der Waals surface area contributed by atoms with E-state index in [9.17, 15) is 9.59 Å². The van der Waals surface area contributed by atoms with E-state index in [4.69, 9.17) is 17.0 Å². The second kappa shape index (κ2) is 9.01. The van der Waals surface area contributed by atoms with Crippen molar-refractivity contribution in [1.29, 1.82) is 0 Å². The van der Waals surface area contributed by atoms with Crippen molar-refractivity contribution in [2.75, 3.05) is 25.6 Å². The number of thioether (sulfide) groups is 2. The molecule has 0 bridgehead atoms. The van der Waals surface area contributed by atoms with Gasteiger partial charge in [-0.15, -0.1) is 11.3 Å². The topological polar surface area (TPSA) is 54.8 Å². The van der Waals surface area contributed by atoms with Gasteiger partial charge in [0.1, 0.15) is 29.2 Å². The van der Waals surface area contributed by atoms with Crippen molar-refractivity contribution in [2.45, 2.75) is 38.1 Å². The maximum absolute atomic E-state index is 13.5. The van der Waals surface area contributed by atoms with Crippen molar-refractivity contribution in [1.82, 2.24) is 9.47 Å². The van der Waals surface area contributed by atoms with Gasteiger partial charge in [-0.2, -0.15) is 0 Å². The summed E-state index contributed by atoms with van der Waals surface area (Å²) in [5.41, 5.74) is 0.954. The fourth-order valence-electron chi connectivity index (χ4n) is 3.49. The third-order valence-corrected chi connectivity index (χ3v) is 9.33. The number of ether oxygens (including phenoxy) is 1. The highest BCUT2D eigenvalue weighted by Gasteiger charge is 2.33. The number of rotatable bonds is 5. The van der Waals surface area contributed by atoms with E-state index in [1.165, 1.54) is 23.1 Å². The van der Waals surface area contributed by atoms with Crippen molar-refractivity contribution in [3.05, 3.63) is 37.7 Å². The lowest BCUT2D eigenvalue weighted by Gasteiger charge is -2.13. The number of hydrogen-bond donors (Lipinski definition) is 0. The van der Waals surface area contributed by atoms with Crippen LogP contribution in [0.3, 0.4) is 0 Å². The third-order valence-electron chi connectivity index (χ3n) is 5.21. The standard InChI is InChI=1S/C21H23N3O3S4/c1-5-7-10-24-18(26)15(30-20(24)16-17(25)23(6-2)21(28)31-16)19-22(3)13-11-12(27-4)8-9-14(13)29-19/h8-9,11H,5-7,10H2,1-4H3. The molecule has 3 heterocycles. The van der Waals surface area contributed by atoms with E-state index in [-0.39, 0.29) is 11.5 Å². The number of methoxy groups -OCH3 is 1. The third kappa shape index (κ3) is 3.83. The fourth-order valence-corrected chi connectivity index (χ4v) is 7.48. The number of fused-ring (bicyclic) bond motifs is 1. The monoisotopic (exact) mass is 493 g/mol. The molecule has 2 aliphatic rings. The largest absolute Gasteiger partial charge is 0.497 e. The molecule has 2 aromatic rings. The predicted molar refractivity (Wildman–Crippen MR) is 134 cm³/mol. The number of thiazole rings is 1. The van der Waals surface area contributed by atoms with E-state index in [0.717, 1.165) is 34.2 Å². The summed E-state index contributed by atoms with van der Waals surface area (Å²) in [6.45, 7) is 5.11. The van der Waals surface area contributed by atoms with Crippen molar-refractivity contribution in [3.8, 4) is 5.75 Å². The van der Waals surface area contributed by atoms with Crippen molar-refractivity contribution < 1.29 is 9.53 Å². The number of carbonyl (C=O) groups is 1. The number of thiocarbonyl (C=S) groups is 1. The molecule has 1 aromatic heterocycles. The maximum Gasteiger partial charge on any atom is 0.271 e. The first-order valence-electron chi connectivity index (χ1n) is 10.0. The van der Waals surface area contributed by atoms with Gasteiger partial charge in [0.2, 0.25) is 0 Å². The molecule has 0 atom stereocenters. The molecule has 1 saturated heterocycles. The molecule has 1 amide bonds. The lowest BCUT2D eigenvalue weighted by atomic mass is 10.3. The number of nitrogens with zero attached hydrogens (tertiary/aromatic N) is 3. The maximum atomic E-state index is 13.5. The summed E-state index contributed by atoms with van der Waals surface area (Å²) in [5, 5.41) is 0.876. The molecule has 1 fully saturated rings. The van der Waals surface area contributed by atoms with Crippen LogP contribution < -0.4 is 24.4 Å². The average molecular weight is 494 g/mol. The van der Waals surface area contributed by atoms with Crippen LogP contribution in [0.1, 0.15) is 26.7 Å². The predicted octanol–water partition coefficient (Wildman–Crippen LogP) is 3.01. The van der Waals surface area contributed by atoms with Crippen LogP contribution in [0.2, 0.25) is 0 Å². The molecule has 6 nitrogen and oxygen atoms in total. The molecule has 10 heteroatoms. The zero-order chi connectivity index (χ0) is 22.3. The van der Waals surface area contributed by atoms with E-state index < -0.39 is 0 Å². The quantitative estimate of drug-likeness (QED) is 0.594. The van der Waals surface area contributed by atoms with Crippen molar-refractivity contribution in [3.63, 3.8) is 0 Å². The number of anilines is 1. The van der Waals surface area contributed by atoms with Gasteiger partial charge in [0.15, 0.2) is 0 Å². The SMILES string of the molecule is CCCCn1c(=C2SC(=S)N(CC)C2=O)sc(=C2Sc3ccc(OC)cc3N2C)c1=O. The minimum absolute atomic E-state index is 0.0515. The summed E-state index contributed by atoms with van der Waals surface area (Å²) in [4.78, 5) is 31.7. The Bertz CT molecular complexity index is 1250. The summed E-state index contributed by atoms with van der Waals surface area (Å²) in [6, 6.07) is 5.91. The van der Waals surface area contributed by atoms with Crippen LogP contribution in [-0.4, -0.2) is 40.4 Å². The molecular weight excluding hydrogens is 471 g/mol. The number of benzene rings is 1. The Balaban J connectivity index is 1.94. The van der Waals surface area contributed by atoms with Crippen LogP contribution in [0, 0.1) is 0 Å². The Labute approximate surface area is 198 Å². The lowest BCUT2D eigenvalue weighted by molar-refractivity contribution is -0.120. The molecular formula is C21H23N3O3S4. The van der Waals surface area contributed by atoms with E-state index >= 15 is 0 Å². The minimum Gasteiger partial charge on any atom is -0.497 e. The van der Waals surface area contributed by atoms with Gasteiger partial charge in [-0.1, -0.05) is 49.1 Å². The molecule has 164 valence electrons. The van der Waals surface area contributed by atoms with Crippen LogP contribution in [0.15, 0.2) is 27.9 Å². The summed E-state index contributed by atoms with van der Waals surface area (Å²) in [7, 11) is 3.60. The van der Waals surface area contributed by atoms with E-state index in [2.05, 4.69) is 6.92 Å². The number of carbonyl (C=O) groups excluding carboxylic acids is 1. The van der Waals surface area contributed by atoms with Crippen LogP contribution >= 0.6 is 47.1 Å². The molecule has 0 radical (unpaired) electrons. The van der Waals surface area contributed by atoms with Gasteiger partial charge in [-0.3, -0.25) is 19.1 Å². The molecule has 31 heavy (non-hydrogen) atoms. The normalized spacial score (nSPS) is 19.5. The van der Waals surface area contributed by atoms with Gasteiger partial charge in [0.05, 0.1) is 12.8 Å². The molecule has 1 aromatic carbocycles. The van der Waals surface area contributed by atoms with Crippen LogP contribution in [0.4, 0.5) is 5.69 Å². The highest BCUT2D eigenvalue weighted by atomic mass is 32.2. The number of aromatic nitrogens is 1. The van der Waals surface area contributed by atoms with Crippen LogP contribution in [0.5, 0.6) is 5.75 Å². The summed E-state index contributed by atoms with van der Waals surface area (Å²) < 4.78 is 9.02. The molecule has 0 N–H and O–H groups in total. The minimum atomic E-state index is -0.110. The van der Waals surface area contributed by atoms with Gasteiger partial charge in [0, 0.05) is 31.1 Å². The Morgan fingerprint density at radius 2 is 1.94 bits per heavy atom. The zero-order valence-corrected chi connectivity index (χ0v) is 21.0. The Morgan fingerprint density at radius 3 is 2.58 bits per heavy atom. The molecule has 0 saturated carbocycles. The van der Waals surface area contributed by atoms with Gasteiger partial charge < -0.3 is 9.64 Å².